The summed E-state index contributed by atoms with van der Waals surface area (Å²) in [4.78, 5) is 24.1. The van der Waals surface area contributed by atoms with Crippen LogP contribution in [0.1, 0.15) is 161 Å². The van der Waals surface area contributed by atoms with E-state index in [0.717, 1.165) is 103 Å². The molecule has 2 rings (SSSR count). The first-order valence-electron chi connectivity index (χ1n) is 19.2. The maximum absolute atomic E-state index is 13.5. The second-order valence-electron chi connectivity index (χ2n) is 13.7. The Hall–Kier alpha value is -1.52. The van der Waals surface area contributed by atoms with Crippen LogP contribution in [-0.2, 0) is 28.5 Å². The van der Waals surface area contributed by atoms with E-state index >= 15 is 0 Å². The molecule has 0 spiro atoms. The third-order valence-electron chi connectivity index (χ3n) is 9.65. The number of rotatable bonds is 30. The lowest BCUT2D eigenvalue weighted by atomic mass is 9.93. The van der Waals surface area contributed by atoms with Gasteiger partial charge in [0.05, 0.1) is 25.7 Å². The highest BCUT2D eigenvalue weighted by Crippen LogP contribution is 2.34. The molecule has 2 aliphatic heterocycles. The van der Waals surface area contributed by atoms with Crippen LogP contribution in [0.3, 0.4) is 0 Å². The van der Waals surface area contributed by atoms with Crippen LogP contribution in [0, 0.1) is 5.92 Å². The Labute approximate surface area is 285 Å². The monoisotopic (exact) mass is 668 g/mol. The Bertz CT molecular complexity index is 826. The molecule has 47 heavy (non-hydrogen) atoms. The van der Waals surface area contributed by atoms with E-state index in [-0.39, 0.29) is 24.9 Å². The number of carbonyl (C=O) groups is 2. The van der Waals surface area contributed by atoms with Gasteiger partial charge in [-0.25, -0.2) is 0 Å². The van der Waals surface area contributed by atoms with Crippen molar-refractivity contribution in [3.05, 3.63) is 12.2 Å². The van der Waals surface area contributed by atoms with Crippen molar-refractivity contribution in [3.63, 3.8) is 0 Å². The zero-order valence-electron chi connectivity index (χ0n) is 29.6. The Kier molecular flexibility index (Phi) is 23.4. The topological polar surface area (TPSA) is 132 Å². The average Bonchev–Trinajstić information content (AvgIpc) is 3.69. The first kappa shape index (κ1) is 41.7. The van der Waals surface area contributed by atoms with Gasteiger partial charge in [0.2, 0.25) is 5.79 Å². The highest BCUT2D eigenvalue weighted by Gasteiger charge is 2.55. The number of ether oxygens (including phenoxy) is 4. The van der Waals surface area contributed by atoms with E-state index < -0.39 is 36.7 Å². The van der Waals surface area contributed by atoms with Crippen LogP contribution in [0.15, 0.2) is 12.2 Å². The van der Waals surface area contributed by atoms with E-state index in [1.54, 1.807) is 0 Å². The molecular formula is C38H68O9. The van der Waals surface area contributed by atoms with Gasteiger partial charge in [0.25, 0.3) is 0 Å². The minimum absolute atomic E-state index is 0.00524. The molecule has 2 aliphatic rings. The molecular weight excluding hydrogens is 600 g/mol. The third-order valence-corrected chi connectivity index (χ3v) is 9.65. The second kappa shape index (κ2) is 26.4. The first-order chi connectivity index (χ1) is 22.9. The fourth-order valence-corrected chi connectivity index (χ4v) is 6.73. The number of aliphatic hydroxyl groups excluding tert-OH is 2. The van der Waals surface area contributed by atoms with Gasteiger partial charge in [0.1, 0.15) is 12.7 Å². The number of aliphatic carboxylic acids is 1. The number of carboxylic acids is 1. The van der Waals surface area contributed by atoms with Crippen molar-refractivity contribution in [2.75, 3.05) is 26.4 Å². The van der Waals surface area contributed by atoms with Crippen molar-refractivity contribution in [3.8, 4) is 0 Å². The van der Waals surface area contributed by atoms with Crippen molar-refractivity contribution >= 4 is 11.9 Å². The Balaban J connectivity index is 1.73. The summed E-state index contributed by atoms with van der Waals surface area (Å²) < 4.78 is 23.0. The smallest absolute Gasteiger partial charge is 0.309 e. The minimum atomic E-state index is -1.42. The Morgan fingerprint density at radius 1 is 0.766 bits per heavy atom. The third kappa shape index (κ3) is 17.6. The molecule has 274 valence electrons. The summed E-state index contributed by atoms with van der Waals surface area (Å²) in [5.74, 6) is -2.69. The lowest BCUT2D eigenvalue weighted by Gasteiger charge is -2.34. The number of esters is 1. The largest absolute Gasteiger partial charge is 0.481 e. The van der Waals surface area contributed by atoms with Gasteiger partial charge in [0, 0.05) is 6.42 Å². The number of hydrogen-bond acceptors (Lipinski definition) is 8. The van der Waals surface area contributed by atoms with Gasteiger partial charge in [-0.1, -0.05) is 122 Å². The summed E-state index contributed by atoms with van der Waals surface area (Å²) in [5.41, 5.74) is 0. The molecule has 0 aromatic rings. The molecule has 0 aromatic carbocycles. The number of unbranched alkanes of at least 4 members (excludes halogenated alkanes) is 18. The van der Waals surface area contributed by atoms with Crippen molar-refractivity contribution < 1.29 is 43.9 Å². The Morgan fingerprint density at radius 2 is 1.26 bits per heavy atom. The number of carboxylic acid groups (broad SMARTS) is 1. The summed E-state index contributed by atoms with van der Waals surface area (Å²) in [7, 11) is 0. The van der Waals surface area contributed by atoms with Crippen molar-refractivity contribution in [2.24, 2.45) is 5.92 Å². The first-order valence-corrected chi connectivity index (χ1v) is 19.2. The number of carbonyl (C=O) groups excluding carboxylic acids is 1. The van der Waals surface area contributed by atoms with Crippen LogP contribution in [0.5, 0.6) is 0 Å². The van der Waals surface area contributed by atoms with E-state index in [1.165, 1.54) is 44.9 Å². The molecule has 2 fully saturated rings. The normalized spacial score (nSPS) is 21.5. The summed E-state index contributed by atoms with van der Waals surface area (Å²) in [5, 5.41) is 29.4. The molecule has 0 saturated carbocycles. The molecule has 0 aromatic heterocycles. The van der Waals surface area contributed by atoms with E-state index in [1.807, 2.05) is 0 Å². The summed E-state index contributed by atoms with van der Waals surface area (Å²) >= 11 is 0. The fourth-order valence-electron chi connectivity index (χ4n) is 6.73. The lowest BCUT2D eigenvalue weighted by Crippen LogP contribution is -2.54. The molecule has 0 aliphatic carbocycles. The average molecular weight is 669 g/mol. The molecule has 1 unspecified atom stereocenters. The van der Waals surface area contributed by atoms with Gasteiger partial charge in [-0.3, -0.25) is 9.59 Å². The van der Waals surface area contributed by atoms with E-state index in [9.17, 15) is 19.8 Å². The summed E-state index contributed by atoms with van der Waals surface area (Å²) in [6, 6.07) is 0. The fraction of sp³-hybridized carbons (Fsp3) is 0.895. The SMILES string of the molecule is CCCCCCCC/C=C\CCCCCCC(CCCCCCCCCCCC(=O)O)C(=O)O[C@@H]1[C@@H](O)CO[C@@H]1C1(CO)OCCO1. The van der Waals surface area contributed by atoms with Gasteiger partial charge < -0.3 is 34.3 Å². The highest BCUT2D eigenvalue weighted by molar-refractivity contribution is 5.72. The van der Waals surface area contributed by atoms with E-state index in [2.05, 4.69) is 19.1 Å². The van der Waals surface area contributed by atoms with Gasteiger partial charge >= 0.3 is 11.9 Å². The zero-order valence-corrected chi connectivity index (χ0v) is 29.6. The van der Waals surface area contributed by atoms with Crippen LogP contribution < -0.4 is 0 Å². The number of hydrogen-bond donors (Lipinski definition) is 3. The number of aliphatic hydroxyl groups is 2. The summed E-state index contributed by atoms with van der Waals surface area (Å²) in [6.07, 6.45) is 27.6. The maximum Gasteiger partial charge on any atom is 0.309 e. The summed E-state index contributed by atoms with van der Waals surface area (Å²) in [6.45, 7) is 2.41. The van der Waals surface area contributed by atoms with Crippen molar-refractivity contribution in [1.29, 1.82) is 0 Å². The molecule has 0 amide bonds. The van der Waals surface area contributed by atoms with E-state index in [4.69, 9.17) is 24.1 Å². The highest BCUT2D eigenvalue weighted by atomic mass is 16.8. The lowest BCUT2D eigenvalue weighted by molar-refractivity contribution is -0.257. The number of allylic oxidation sites excluding steroid dienone is 2. The molecule has 0 bridgehead atoms. The molecule has 0 radical (unpaired) electrons. The second-order valence-corrected chi connectivity index (χ2v) is 13.7. The van der Waals surface area contributed by atoms with Crippen LogP contribution in [0.2, 0.25) is 0 Å². The predicted molar refractivity (Wildman–Crippen MR) is 184 cm³/mol. The van der Waals surface area contributed by atoms with Gasteiger partial charge in [0.15, 0.2) is 12.2 Å². The van der Waals surface area contributed by atoms with Gasteiger partial charge in [-0.2, -0.15) is 0 Å². The van der Waals surface area contributed by atoms with Crippen LogP contribution in [-0.4, -0.2) is 77.8 Å². The molecule has 3 N–H and O–H groups in total. The van der Waals surface area contributed by atoms with Crippen LogP contribution >= 0.6 is 0 Å². The minimum Gasteiger partial charge on any atom is -0.481 e. The molecule has 2 saturated heterocycles. The van der Waals surface area contributed by atoms with Crippen LogP contribution in [0.25, 0.3) is 0 Å². The Morgan fingerprint density at radius 3 is 1.77 bits per heavy atom. The maximum atomic E-state index is 13.5. The standard InChI is InChI=1S/C38H68O9/c1-2-3-4-5-6-7-8-9-10-11-13-16-19-22-25-32(26-23-20-17-14-12-15-18-21-24-27-34(41)42)37(43)47-35-33(40)30-44-36(35)38(31-39)45-28-29-46-38/h9-10,32-33,35-36,39-40H,2-8,11-31H2,1H3,(H,41,42)/b10-9-/t32?,33-,35+,36-/m0/s1. The van der Waals surface area contributed by atoms with Crippen molar-refractivity contribution in [2.45, 2.75) is 185 Å². The predicted octanol–water partition coefficient (Wildman–Crippen LogP) is 8.03. The quantitative estimate of drug-likeness (QED) is 0.0395. The van der Waals surface area contributed by atoms with E-state index in [0.29, 0.717) is 13.2 Å². The molecule has 9 heteroatoms. The van der Waals surface area contributed by atoms with Gasteiger partial charge in [-0.05, 0) is 44.9 Å². The van der Waals surface area contributed by atoms with Crippen LogP contribution in [0.4, 0.5) is 0 Å². The molecule has 2 heterocycles. The van der Waals surface area contributed by atoms with Gasteiger partial charge in [-0.15, -0.1) is 0 Å². The molecule has 4 atom stereocenters. The molecule has 9 nitrogen and oxygen atoms in total. The zero-order chi connectivity index (χ0) is 34.0. The van der Waals surface area contributed by atoms with Crippen molar-refractivity contribution in [1.82, 2.24) is 0 Å².